The Balaban J connectivity index is 1.85. The standard InChI is InChI=1S/C25H27N3O4S/c1-3-32-24(30)21-22(17-9-5-4-6-10-17)27-25-28(13-8-14-33-25)23(21)18-11-7-12-19(15-18)26-20(29)16-31-2/h4-7,9-12,15,23H,3,8,13-14,16H2,1-2H3,(H,26,29). The first-order valence-electron chi connectivity index (χ1n) is 11.0. The number of thioether (sulfide) groups is 1. The van der Waals surface area contributed by atoms with E-state index in [1.807, 2.05) is 54.6 Å². The first-order chi connectivity index (χ1) is 16.1. The van der Waals surface area contributed by atoms with Crippen molar-refractivity contribution in [1.29, 1.82) is 0 Å². The summed E-state index contributed by atoms with van der Waals surface area (Å²) in [6.45, 7) is 2.83. The minimum atomic E-state index is -0.381. The molecule has 1 saturated heterocycles. The summed E-state index contributed by atoms with van der Waals surface area (Å²) in [5.41, 5.74) is 3.54. The Morgan fingerprint density at radius 1 is 1.18 bits per heavy atom. The maximum atomic E-state index is 13.3. The fourth-order valence-electron chi connectivity index (χ4n) is 4.05. The first-order valence-corrected chi connectivity index (χ1v) is 11.9. The van der Waals surface area contributed by atoms with E-state index in [1.54, 1.807) is 18.7 Å². The number of nitrogens with one attached hydrogen (secondary N) is 1. The van der Waals surface area contributed by atoms with Gasteiger partial charge in [-0.3, -0.25) is 4.79 Å². The van der Waals surface area contributed by atoms with Crippen LogP contribution in [0.4, 0.5) is 5.69 Å². The van der Waals surface area contributed by atoms with Gasteiger partial charge in [-0.25, -0.2) is 9.79 Å². The summed E-state index contributed by atoms with van der Waals surface area (Å²) < 4.78 is 10.4. The Hall–Kier alpha value is -3.10. The Bertz CT molecular complexity index is 1080. The molecule has 8 heteroatoms. The van der Waals surface area contributed by atoms with E-state index >= 15 is 0 Å². The Labute approximate surface area is 197 Å². The number of nitrogens with zero attached hydrogens (tertiary/aromatic N) is 2. The molecule has 1 fully saturated rings. The number of amides is 1. The number of ether oxygens (including phenoxy) is 2. The molecular weight excluding hydrogens is 438 g/mol. The molecule has 0 radical (unpaired) electrons. The van der Waals surface area contributed by atoms with Crippen LogP contribution in [-0.2, 0) is 19.1 Å². The highest BCUT2D eigenvalue weighted by Gasteiger charge is 2.39. The van der Waals surface area contributed by atoms with Gasteiger partial charge in [0, 0.05) is 30.7 Å². The first kappa shape index (κ1) is 23.1. The summed E-state index contributed by atoms with van der Waals surface area (Å²) in [6.07, 6.45) is 0.987. The van der Waals surface area contributed by atoms with E-state index in [2.05, 4.69) is 10.2 Å². The average molecular weight is 466 g/mol. The third kappa shape index (κ3) is 5.12. The van der Waals surface area contributed by atoms with Gasteiger partial charge in [-0.1, -0.05) is 54.2 Å². The smallest absolute Gasteiger partial charge is 0.338 e. The highest BCUT2D eigenvalue weighted by Crippen LogP contribution is 2.43. The third-order valence-corrected chi connectivity index (χ3v) is 6.45. The lowest BCUT2D eigenvalue weighted by atomic mass is 9.91. The number of carbonyl (C=O) groups is 2. The van der Waals surface area contributed by atoms with Crippen molar-refractivity contribution in [1.82, 2.24) is 4.90 Å². The molecule has 4 rings (SSSR count). The predicted octanol–water partition coefficient (Wildman–Crippen LogP) is 4.10. The number of amidine groups is 1. The van der Waals surface area contributed by atoms with E-state index in [0.29, 0.717) is 17.0 Å². The van der Waals surface area contributed by atoms with E-state index in [-0.39, 0.29) is 31.1 Å². The third-order valence-electron chi connectivity index (χ3n) is 5.37. The number of fused-ring (bicyclic) bond motifs is 1. The highest BCUT2D eigenvalue weighted by molar-refractivity contribution is 8.13. The van der Waals surface area contributed by atoms with Crippen molar-refractivity contribution in [2.75, 3.05) is 37.9 Å². The maximum absolute atomic E-state index is 13.3. The molecule has 33 heavy (non-hydrogen) atoms. The quantitative estimate of drug-likeness (QED) is 0.621. The van der Waals surface area contributed by atoms with Gasteiger partial charge in [-0.05, 0) is 31.0 Å². The zero-order valence-corrected chi connectivity index (χ0v) is 19.6. The molecule has 1 N–H and O–H groups in total. The molecule has 172 valence electrons. The molecule has 1 amide bonds. The zero-order valence-electron chi connectivity index (χ0n) is 18.7. The summed E-state index contributed by atoms with van der Waals surface area (Å²) >= 11 is 1.70. The van der Waals surface area contributed by atoms with Gasteiger partial charge < -0.3 is 19.7 Å². The number of hydrogen-bond donors (Lipinski definition) is 1. The molecule has 2 aliphatic heterocycles. The van der Waals surface area contributed by atoms with Crippen LogP contribution in [0.3, 0.4) is 0 Å². The summed E-state index contributed by atoms with van der Waals surface area (Å²) in [4.78, 5) is 32.5. The van der Waals surface area contributed by atoms with Crippen molar-refractivity contribution in [2.45, 2.75) is 19.4 Å². The molecule has 2 aliphatic rings. The lowest BCUT2D eigenvalue weighted by Gasteiger charge is -2.41. The fraction of sp³-hybridized carbons (Fsp3) is 0.320. The second-order valence-corrected chi connectivity index (χ2v) is 8.71. The van der Waals surface area contributed by atoms with Crippen LogP contribution in [0, 0.1) is 0 Å². The van der Waals surface area contributed by atoms with Gasteiger partial charge in [-0.2, -0.15) is 0 Å². The Morgan fingerprint density at radius 2 is 2.00 bits per heavy atom. The van der Waals surface area contributed by atoms with E-state index in [1.165, 1.54) is 7.11 Å². The van der Waals surface area contributed by atoms with Gasteiger partial charge in [0.1, 0.15) is 6.61 Å². The van der Waals surface area contributed by atoms with Gasteiger partial charge in [-0.15, -0.1) is 0 Å². The van der Waals surface area contributed by atoms with E-state index in [9.17, 15) is 9.59 Å². The Kier molecular flexibility index (Phi) is 7.47. The maximum Gasteiger partial charge on any atom is 0.338 e. The molecule has 0 aromatic heterocycles. The lowest BCUT2D eigenvalue weighted by molar-refractivity contribution is -0.139. The molecule has 1 atom stereocenters. The second kappa shape index (κ2) is 10.7. The fourth-order valence-corrected chi connectivity index (χ4v) is 5.02. The average Bonchev–Trinajstić information content (AvgIpc) is 2.84. The van der Waals surface area contributed by atoms with Gasteiger partial charge in [0.2, 0.25) is 5.91 Å². The molecule has 7 nitrogen and oxygen atoms in total. The van der Waals surface area contributed by atoms with Crippen LogP contribution in [-0.4, -0.2) is 54.6 Å². The van der Waals surface area contributed by atoms with Crippen LogP contribution in [0.25, 0.3) is 5.70 Å². The van der Waals surface area contributed by atoms with Gasteiger partial charge >= 0.3 is 5.97 Å². The van der Waals surface area contributed by atoms with Crippen LogP contribution in [0.5, 0.6) is 0 Å². The normalized spacial score (nSPS) is 17.8. The summed E-state index contributed by atoms with van der Waals surface area (Å²) in [5.74, 6) is 0.361. The SMILES string of the molecule is CCOC(=O)C1=C(c2ccccc2)N=C2SCCCN2C1c1cccc(NC(=O)COC)c1. The molecule has 2 heterocycles. The van der Waals surface area contributed by atoms with E-state index in [4.69, 9.17) is 14.5 Å². The van der Waals surface area contributed by atoms with Crippen molar-refractivity contribution >= 4 is 40.2 Å². The van der Waals surface area contributed by atoms with Crippen molar-refractivity contribution < 1.29 is 19.1 Å². The van der Waals surface area contributed by atoms with Gasteiger partial charge in [0.15, 0.2) is 5.17 Å². The number of aliphatic imine (C=N–C) groups is 1. The van der Waals surface area contributed by atoms with Crippen LogP contribution in [0.1, 0.15) is 30.5 Å². The topological polar surface area (TPSA) is 80.2 Å². The van der Waals surface area contributed by atoms with E-state index in [0.717, 1.165) is 35.0 Å². The number of esters is 1. The van der Waals surface area contributed by atoms with E-state index < -0.39 is 0 Å². The summed E-state index contributed by atoms with van der Waals surface area (Å²) in [7, 11) is 1.48. The lowest BCUT2D eigenvalue weighted by Crippen LogP contribution is -2.42. The molecule has 0 aliphatic carbocycles. The molecule has 1 unspecified atom stereocenters. The molecule has 2 aromatic rings. The molecule has 0 spiro atoms. The number of benzene rings is 2. The van der Waals surface area contributed by atoms with Crippen molar-refractivity contribution in [3.05, 3.63) is 71.3 Å². The molecule has 0 saturated carbocycles. The monoisotopic (exact) mass is 465 g/mol. The number of rotatable bonds is 7. The highest BCUT2D eigenvalue weighted by atomic mass is 32.2. The van der Waals surface area contributed by atoms with Crippen molar-refractivity contribution in [3.63, 3.8) is 0 Å². The van der Waals surface area contributed by atoms with Gasteiger partial charge in [0.05, 0.1) is 23.9 Å². The number of hydrogen-bond acceptors (Lipinski definition) is 7. The van der Waals surface area contributed by atoms with Crippen molar-refractivity contribution in [2.24, 2.45) is 4.99 Å². The van der Waals surface area contributed by atoms with Crippen molar-refractivity contribution in [3.8, 4) is 0 Å². The molecule has 2 aromatic carbocycles. The molecule has 0 bridgehead atoms. The van der Waals surface area contributed by atoms with Crippen LogP contribution in [0.2, 0.25) is 0 Å². The zero-order chi connectivity index (χ0) is 23.2. The summed E-state index contributed by atoms with van der Waals surface area (Å²) in [6, 6.07) is 16.9. The minimum Gasteiger partial charge on any atom is -0.463 e. The second-order valence-electron chi connectivity index (χ2n) is 7.65. The van der Waals surface area contributed by atoms with Crippen LogP contribution in [0.15, 0.2) is 65.2 Å². The van der Waals surface area contributed by atoms with Crippen LogP contribution >= 0.6 is 11.8 Å². The van der Waals surface area contributed by atoms with Gasteiger partial charge in [0.25, 0.3) is 0 Å². The number of anilines is 1. The summed E-state index contributed by atoms with van der Waals surface area (Å²) in [5, 5.41) is 3.75. The minimum absolute atomic E-state index is 0.0284. The number of carbonyl (C=O) groups excluding carboxylic acids is 2. The predicted molar refractivity (Wildman–Crippen MR) is 131 cm³/mol. The number of methoxy groups -OCH3 is 1. The largest absolute Gasteiger partial charge is 0.463 e. The van der Waals surface area contributed by atoms with Crippen LogP contribution < -0.4 is 5.32 Å². The Morgan fingerprint density at radius 3 is 2.76 bits per heavy atom. The molecular formula is C25H27N3O4S.